The van der Waals surface area contributed by atoms with Crippen molar-refractivity contribution in [3.63, 3.8) is 0 Å². The maximum atomic E-state index is 12.0. The summed E-state index contributed by atoms with van der Waals surface area (Å²) in [6, 6.07) is 19.1. The molecule has 0 atom stereocenters. The van der Waals surface area contributed by atoms with Crippen LogP contribution in [0.3, 0.4) is 0 Å². The van der Waals surface area contributed by atoms with Crippen LogP contribution in [0.4, 0.5) is 34.4 Å². The molecule has 1 aromatic heterocycles. The van der Waals surface area contributed by atoms with E-state index in [1.165, 1.54) is 30.6 Å². The van der Waals surface area contributed by atoms with Gasteiger partial charge in [-0.1, -0.05) is 36.4 Å². The van der Waals surface area contributed by atoms with Gasteiger partial charge in [0.25, 0.3) is 5.69 Å². The number of non-ortho nitro benzene ring substituents is 1. The van der Waals surface area contributed by atoms with E-state index in [1.807, 2.05) is 49.4 Å². The molecule has 11 heteroatoms. The van der Waals surface area contributed by atoms with Crippen LogP contribution in [0.5, 0.6) is 0 Å². The second kappa shape index (κ2) is 9.14. The number of rotatable bonds is 8. The van der Waals surface area contributed by atoms with Gasteiger partial charge in [-0.25, -0.2) is 9.97 Å². The third-order valence-electron chi connectivity index (χ3n) is 5.02. The van der Waals surface area contributed by atoms with Crippen molar-refractivity contribution in [3.8, 4) is 0 Å². The lowest BCUT2D eigenvalue weighted by molar-refractivity contribution is -0.384. The first kappa shape index (κ1) is 21.4. The molecule has 33 heavy (non-hydrogen) atoms. The zero-order valence-electron chi connectivity index (χ0n) is 17.5. The monoisotopic (exact) mass is 445 g/mol. The number of hydrogen-bond donors (Lipinski definition) is 2. The molecule has 11 nitrogen and oxygen atoms in total. The largest absolute Gasteiger partial charge is 0.355 e. The second-order valence-electron chi connectivity index (χ2n) is 6.95. The highest BCUT2D eigenvalue weighted by atomic mass is 16.6. The predicted octanol–water partition coefficient (Wildman–Crippen LogP) is 5.04. The Bertz CT molecular complexity index is 1320. The Balaban J connectivity index is 1.71. The van der Waals surface area contributed by atoms with Crippen LogP contribution in [0.15, 0.2) is 73.1 Å². The maximum Gasteiger partial charge on any atom is 0.355 e. The van der Waals surface area contributed by atoms with Crippen molar-refractivity contribution in [2.45, 2.75) is 6.92 Å². The third-order valence-corrected chi connectivity index (χ3v) is 5.02. The number of nitrogens with zero attached hydrogens (tertiary/aromatic N) is 5. The molecule has 0 unspecified atom stereocenters. The summed E-state index contributed by atoms with van der Waals surface area (Å²) in [6.07, 6.45) is 1.25. The van der Waals surface area contributed by atoms with Crippen LogP contribution in [-0.4, -0.2) is 26.4 Å². The van der Waals surface area contributed by atoms with Gasteiger partial charge in [-0.2, -0.15) is 0 Å². The second-order valence-corrected chi connectivity index (χ2v) is 6.95. The zero-order valence-corrected chi connectivity index (χ0v) is 17.5. The van der Waals surface area contributed by atoms with Crippen LogP contribution in [0.2, 0.25) is 0 Å². The maximum absolute atomic E-state index is 12.0. The molecule has 0 saturated carbocycles. The van der Waals surface area contributed by atoms with Gasteiger partial charge >= 0.3 is 5.69 Å². The van der Waals surface area contributed by atoms with Crippen molar-refractivity contribution >= 4 is 45.2 Å². The summed E-state index contributed by atoms with van der Waals surface area (Å²) < 4.78 is 0. The number of fused-ring (bicyclic) bond motifs is 1. The fourth-order valence-corrected chi connectivity index (χ4v) is 3.50. The number of aromatic nitrogens is 2. The number of nitro benzene ring substituents is 1. The SMILES string of the molecule is CCN(c1ncnc(NNc2ccc([N+](=O)[O-])cc2)c1[N+](=O)[O-])c1cccc2ccccc12. The lowest BCUT2D eigenvalue weighted by Crippen LogP contribution is -2.21. The zero-order chi connectivity index (χ0) is 23.4. The molecule has 0 aliphatic carbocycles. The average Bonchev–Trinajstić information content (AvgIpc) is 2.83. The summed E-state index contributed by atoms with van der Waals surface area (Å²) >= 11 is 0. The minimum Gasteiger partial charge on any atom is -0.320 e. The lowest BCUT2D eigenvalue weighted by Gasteiger charge is -2.24. The molecule has 0 aliphatic heterocycles. The Morgan fingerprint density at radius 3 is 2.30 bits per heavy atom. The summed E-state index contributed by atoms with van der Waals surface area (Å²) in [7, 11) is 0. The summed E-state index contributed by atoms with van der Waals surface area (Å²) in [4.78, 5) is 31.8. The normalized spacial score (nSPS) is 10.6. The number of hydrazine groups is 1. The molecule has 2 N–H and O–H groups in total. The van der Waals surface area contributed by atoms with Gasteiger partial charge in [-0.15, -0.1) is 0 Å². The first-order valence-electron chi connectivity index (χ1n) is 10.0. The van der Waals surface area contributed by atoms with Crippen molar-refractivity contribution in [1.82, 2.24) is 9.97 Å². The van der Waals surface area contributed by atoms with E-state index in [9.17, 15) is 20.2 Å². The molecule has 0 radical (unpaired) electrons. The van der Waals surface area contributed by atoms with Crippen molar-refractivity contribution in [3.05, 3.63) is 93.3 Å². The van der Waals surface area contributed by atoms with Crippen molar-refractivity contribution < 1.29 is 9.85 Å². The number of anilines is 4. The predicted molar refractivity (Wildman–Crippen MR) is 126 cm³/mol. The van der Waals surface area contributed by atoms with E-state index in [2.05, 4.69) is 20.8 Å². The van der Waals surface area contributed by atoms with E-state index < -0.39 is 9.85 Å². The molecule has 0 amide bonds. The van der Waals surface area contributed by atoms with Gasteiger partial charge in [-0.3, -0.25) is 31.1 Å². The Kier molecular flexibility index (Phi) is 5.94. The van der Waals surface area contributed by atoms with Crippen LogP contribution < -0.4 is 15.8 Å². The van der Waals surface area contributed by atoms with Gasteiger partial charge in [0.15, 0.2) is 0 Å². The standard InChI is InChI=1S/C22H19N7O4/c1-2-27(19-9-5-7-15-6-3-4-8-18(15)19)22-20(29(32)33)21(23-14-24-22)26-25-16-10-12-17(13-11-16)28(30)31/h3-14,25H,2H2,1H3,(H,23,24,26). The quantitative estimate of drug-likeness (QED) is 0.282. The lowest BCUT2D eigenvalue weighted by atomic mass is 10.1. The third kappa shape index (κ3) is 4.32. The van der Waals surface area contributed by atoms with E-state index in [1.54, 1.807) is 4.90 Å². The highest BCUT2D eigenvalue weighted by molar-refractivity contribution is 5.96. The van der Waals surface area contributed by atoms with Gasteiger partial charge in [0.05, 0.1) is 21.2 Å². The van der Waals surface area contributed by atoms with E-state index >= 15 is 0 Å². The van der Waals surface area contributed by atoms with Gasteiger partial charge in [0, 0.05) is 24.1 Å². The molecule has 0 fully saturated rings. The minimum atomic E-state index is -0.539. The summed E-state index contributed by atoms with van der Waals surface area (Å²) in [5.74, 6) is 0.101. The molecular formula is C22H19N7O4. The molecule has 4 rings (SSSR count). The fourth-order valence-electron chi connectivity index (χ4n) is 3.50. The first-order valence-corrected chi connectivity index (χ1v) is 10.0. The van der Waals surface area contributed by atoms with Crippen molar-refractivity contribution in [2.24, 2.45) is 0 Å². The molecule has 0 spiro atoms. The fraction of sp³-hybridized carbons (Fsp3) is 0.0909. The Morgan fingerprint density at radius 2 is 1.61 bits per heavy atom. The molecule has 3 aromatic carbocycles. The van der Waals surface area contributed by atoms with Gasteiger partial charge < -0.3 is 4.90 Å². The smallest absolute Gasteiger partial charge is 0.320 e. The molecule has 0 saturated heterocycles. The molecule has 4 aromatic rings. The first-order chi connectivity index (χ1) is 16.0. The molecule has 0 aliphatic rings. The minimum absolute atomic E-state index is 0.0398. The summed E-state index contributed by atoms with van der Waals surface area (Å²) in [5, 5.41) is 24.8. The van der Waals surface area contributed by atoms with Crippen LogP contribution >= 0.6 is 0 Å². The van der Waals surface area contributed by atoms with E-state index in [4.69, 9.17) is 0 Å². The molecule has 1 heterocycles. The average molecular weight is 445 g/mol. The summed E-state index contributed by atoms with van der Waals surface area (Å²) in [6.45, 7) is 2.32. The van der Waals surface area contributed by atoms with Crippen molar-refractivity contribution in [1.29, 1.82) is 0 Å². The number of nitrogens with one attached hydrogen (secondary N) is 2. The van der Waals surface area contributed by atoms with Crippen LogP contribution in [0, 0.1) is 20.2 Å². The Hall–Kier alpha value is -4.80. The number of hydrogen-bond acceptors (Lipinski definition) is 9. The number of nitro groups is 2. The highest BCUT2D eigenvalue weighted by Crippen LogP contribution is 2.38. The highest BCUT2D eigenvalue weighted by Gasteiger charge is 2.28. The molecule has 0 bridgehead atoms. The summed E-state index contributed by atoms with van der Waals surface area (Å²) in [5.41, 5.74) is 6.40. The van der Waals surface area contributed by atoms with Crippen molar-refractivity contribution in [2.75, 3.05) is 22.3 Å². The van der Waals surface area contributed by atoms with Gasteiger partial charge in [-0.05, 0) is 30.5 Å². The van der Waals surface area contributed by atoms with Crippen LogP contribution in [-0.2, 0) is 0 Å². The molecule has 166 valence electrons. The van der Waals surface area contributed by atoms with Crippen LogP contribution in [0.1, 0.15) is 6.92 Å². The van der Waals surface area contributed by atoms with E-state index in [0.717, 1.165) is 16.5 Å². The van der Waals surface area contributed by atoms with Gasteiger partial charge in [0.1, 0.15) is 6.33 Å². The Morgan fingerprint density at radius 1 is 0.879 bits per heavy atom. The number of benzene rings is 3. The van der Waals surface area contributed by atoms with Gasteiger partial charge in [0.2, 0.25) is 11.6 Å². The van der Waals surface area contributed by atoms with E-state index in [-0.39, 0.29) is 23.0 Å². The topological polar surface area (TPSA) is 139 Å². The van der Waals surface area contributed by atoms with E-state index in [0.29, 0.717) is 12.2 Å². The van der Waals surface area contributed by atoms with Crippen LogP contribution in [0.25, 0.3) is 10.8 Å². The molecular weight excluding hydrogens is 426 g/mol. The Labute approximate surface area is 188 Å².